The summed E-state index contributed by atoms with van der Waals surface area (Å²) >= 11 is 5.20. The van der Waals surface area contributed by atoms with E-state index in [0.29, 0.717) is 16.8 Å². The fraction of sp³-hybridized carbons (Fsp3) is 0.133. The van der Waals surface area contributed by atoms with Crippen molar-refractivity contribution in [3.8, 4) is 5.75 Å². The van der Waals surface area contributed by atoms with E-state index in [1.54, 1.807) is 11.7 Å². The zero-order chi connectivity index (χ0) is 15.0. The van der Waals surface area contributed by atoms with E-state index in [9.17, 15) is 8.78 Å². The molecule has 0 aliphatic rings. The minimum atomic E-state index is -0.649. The quantitative estimate of drug-likeness (QED) is 0.740. The van der Waals surface area contributed by atoms with Gasteiger partial charge in [0.15, 0.2) is 10.6 Å². The molecule has 3 nitrogen and oxygen atoms in total. The number of fused-ring (bicyclic) bond motifs is 1. The average molecular weight is 306 g/mol. The van der Waals surface area contributed by atoms with Gasteiger partial charge in [-0.2, -0.15) is 0 Å². The van der Waals surface area contributed by atoms with Crippen molar-refractivity contribution in [1.29, 1.82) is 0 Å². The van der Waals surface area contributed by atoms with E-state index in [-0.39, 0.29) is 5.52 Å². The number of nitrogens with one attached hydrogen (secondary N) is 1. The second kappa shape index (κ2) is 5.29. The Hall–Kier alpha value is -2.21. The molecule has 0 saturated carbocycles. The summed E-state index contributed by atoms with van der Waals surface area (Å²) in [5.74, 6) is -0.527. The topological polar surface area (TPSA) is 29.9 Å². The summed E-state index contributed by atoms with van der Waals surface area (Å²) in [7, 11) is 1.59. The second-order valence-corrected chi connectivity index (χ2v) is 5.03. The molecule has 3 rings (SSSR count). The van der Waals surface area contributed by atoms with Crippen LogP contribution in [-0.4, -0.2) is 16.7 Å². The molecule has 6 heteroatoms. The first-order valence-electron chi connectivity index (χ1n) is 6.29. The minimum absolute atomic E-state index is 0.218. The van der Waals surface area contributed by atoms with Crippen molar-refractivity contribution in [3.63, 3.8) is 0 Å². The maximum Gasteiger partial charge on any atom is 0.178 e. The van der Waals surface area contributed by atoms with Gasteiger partial charge in [0.05, 0.1) is 19.2 Å². The molecule has 108 valence electrons. The van der Waals surface area contributed by atoms with Crippen LogP contribution in [0.25, 0.3) is 11.0 Å². The molecule has 0 radical (unpaired) electrons. The van der Waals surface area contributed by atoms with Crippen LogP contribution in [0.2, 0.25) is 0 Å². The Morgan fingerprint density at radius 2 is 1.90 bits per heavy atom. The summed E-state index contributed by atoms with van der Waals surface area (Å²) < 4.78 is 34.3. The Kier molecular flexibility index (Phi) is 3.47. The minimum Gasteiger partial charge on any atom is -0.497 e. The highest BCUT2D eigenvalue weighted by molar-refractivity contribution is 7.71. The molecule has 0 amide bonds. The average Bonchev–Trinajstić information content (AvgIpc) is 2.77. The van der Waals surface area contributed by atoms with Gasteiger partial charge < -0.3 is 14.3 Å². The largest absolute Gasteiger partial charge is 0.497 e. The SMILES string of the molecule is COc1ccc(Cn2c(=S)[nH]c3c(F)cc(F)cc32)cc1. The molecule has 3 aromatic rings. The van der Waals surface area contributed by atoms with Gasteiger partial charge in [0.1, 0.15) is 17.1 Å². The van der Waals surface area contributed by atoms with Gasteiger partial charge in [-0.1, -0.05) is 12.1 Å². The fourth-order valence-corrected chi connectivity index (χ4v) is 2.52. The number of H-pyrrole nitrogens is 1. The molecule has 0 fully saturated rings. The number of aromatic nitrogens is 2. The number of methoxy groups -OCH3 is 1. The van der Waals surface area contributed by atoms with Crippen LogP contribution in [0.3, 0.4) is 0 Å². The number of ether oxygens (including phenoxy) is 1. The Bertz CT molecular complexity index is 852. The van der Waals surface area contributed by atoms with Crippen molar-refractivity contribution in [3.05, 3.63) is 58.4 Å². The van der Waals surface area contributed by atoms with Crippen LogP contribution in [0.1, 0.15) is 5.56 Å². The molecule has 0 bridgehead atoms. The zero-order valence-electron chi connectivity index (χ0n) is 11.2. The third-order valence-electron chi connectivity index (χ3n) is 3.30. The van der Waals surface area contributed by atoms with Crippen molar-refractivity contribution in [2.45, 2.75) is 6.54 Å². The van der Waals surface area contributed by atoms with E-state index in [4.69, 9.17) is 17.0 Å². The summed E-state index contributed by atoms with van der Waals surface area (Å²) in [6, 6.07) is 9.54. The second-order valence-electron chi connectivity index (χ2n) is 4.65. The zero-order valence-corrected chi connectivity index (χ0v) is 12.0. The van der Waals surface area contributed by atoms with E-state index in [0.717, 1.165) is 17.4 Å². The normalized spacial score (nSPS) is 11.0. The summed E-state index contributed by atoms with van der Waals surface area (Å²) in [6.07, 6.45) is 0. The molecule has 1 heterocycles. The lowest BCUT2D eigenvalue weighted by atomic mass is 10.2. The van der Waals surface area contributed by atoms with Crippen LogP contribution in [0.5, 0.6) is 5.75 Å². The summed E-state index contributed by atoms with van der Waals surface area (Å²) in [5, 5.41) is 0. The number of imidazole rings is 1. The van der Waals surface area contributed by atoms with Crippen LogP contribution >= 0.6 is 12.2 Å². The van der Waals surface area contributed by atoms with Gasteiger partial charge in [-0.05, 0) is 36.0 Å². The first kappa shape index (κ1) is 13.8. The molecular weight excluding hydrogens is 294 g/mol. The van der Waals surface area contributed by atoms with E-state index >= 15 is 0 Å². The third-order valence-corrected chi connectivity index (χ3v) is 3.62. The highest BCUT2D eigenvalue weighted by Crippen LogP contribution is 2.21. The third kappa shape index (κ3) is 2.54. The van der Waals surface area contributed by atoms with Gasteiger partial charge in [-0.15, -0.1) is 0 Å². The molecule has 0 aliphatic carbocycles. The Labute approximate surface area is 124 Å². The van der Waals surface area contributed by atoms with E-state index in [1.165, 1.54) is 6.07 Å². The van der Waals surface area contributed by atoms with Crippen molar-refractivity contribution in [2.24, 2.45) is 0 Å². The van der Waals surface area contributed by atoms with Crippen LogP contribution in [-0.2, 0) is 6.54 Å². The number of rotatable bonds is 3. The van der Waals surface area contributed by atoms with Crippen LogP contribution in [0.4, 0.5) is 8.78 Å². The monoisotopic (exact) mass is 306 g/mol. The Balaban J connectivity index is 2.07. The van der Waals surface area contributed by atoms with Gasteiger partial charge in [-0.3, -0.25) is 0 Å². The standard InChI is InChI=1S/C15H12F2N2OS/c1-20-11-4-2-9(3-5-11)8-19-13-7-10(16)6-12(17)14(13)18-15(19)21/h2-7H,8H2,1H3,(H,18,21). The Morgan fingerprint density at radius 1 is 1.19 bits per heavy atom. The molecule has 0 saturated heterocycles. The smallest absolute Gasteiger partial charge is 0.178 e. The lowest BCUT2D eigenvalue weighted by molar-refractivity contribution is 0.414. The van der Waals surface area contributed by atoms with Gasteiger partial charge in [0.25, 0.3) is 0 Å². The first-order valence-corrected chi connectivity index (χ1v) is 6.70. The molecule has 1 N–H and O–H groups in total. The van der Waals surface area contributed by atoms with Crippen LogP contribution in [0.15, 0.2) is 36.4 Å². The highest BCUT2D eigenvalue weighted by Gasteiger charge is 2.11. The van der Waals surface area contributed by atoms with Crippen LogP contribution < -0.4 is 4.74 Å². The molecule has 2 aromatic carbocycles. The summed E-state index contributed by atoms with van der Waals surface area (Å²) in [5.41, 5.74) is 1.58. The summed E-state index contributed by atoms with van der Waals surface area (Å²) in [6.45, 7) is 0.422. The lowest BCUT2D eigenvalue weighted by Crippen LogP contribution is -2.00. The molecule has 0 atom stereocenters. The summed E-state index contributed by atoms with van der Waals surface area (Å²) in [4.78, 5) is 2.78. The van der Waals surface area contributed by atoms with Crippen molar-refractivity contribution >= 4 is 23.3 Å². The van der Waals surface area contributed by atoms with Gasteiger partial charge in [-0.25, -0.2) is 8.78 Å². The number of halogens is 2. The fourth-order valence-electron chi connectivity index (χ4n) is 2.25. The number of hydrogen-bond acceptors (Lipinski definition) is 2. The maximum atomic E-state index is 13.7. The van der Waals surface area contributed by atoms with Gasteiger partial charge >= 0.3 is 0 Å². The van der Waals surface area contributed by atoms with Crippen molar-refractivity contribution in [2.75, 3.05) is 7.11 Å². The first-order chi connectivity index (χ1) is 10.1. The lowest BCUT2D eigenvalue weighted by Gasteiger charge is -2.06. The number of hydrogen-bond donors (Lipinski definition) is 1. The Morgan fingerprint density at radius 3 is 2.57 bits per heavy atom. The van der Waals surface area contributed by atoms with E-state index < -0.39 is 11.6 Å². The predicted molar refractivity (Wildman–Crippen MR) is 79.1 cm³/mol. The van der Waals surface area contributed by atoms with E-state index in [2.05, 4.69) is 4.98 Å². The number of aromatic amines is 1. The maximum absolute atomic E-state index is 13.7. The molecule has 0 spiro atoms. The van der Waals surface area contributed by atoms with Crippen molar-refractivity contribution in [1.82, 2.24) is 9.55 Å². The highest BCUT2D eigenvalue weighted by atomic mass is 32.1. The molecule has 0 aliphatic heterocycles. The van der Waals surface area contributed by atoms with Gasteiger partial charge in [0, 0.05) is 6.07 Å². The van der Waals surface area contributed by atoms with E-state index in [1.807, 2.05) is 24.3 Å². The predicted octanol–water partition coefficient (Wildman–Crippen LogP) is 4.03. The number of nitrogens with zero attached hydrogens (tertiary/aromatic N) is 1. The van der Waals surface area contributed by atoms with Crippen LogP contribution in [0, 0.1) is 16.4 Å². The van der Waals surface area contributed by atoms with Crippen molar-refractivity contribution < 1.29 is 13.5 Å². The molecular formula is C15H12F2N2OS. The molecule has 21 heavy (non-hydrogen) atoms. The molecule has 1 aromatic heterocycles. The van der Waals surface area contributed by atoms with Gasteiger partial charge in [0.2, 0.25) is 0 Å². The molecule has 0 unspecified atom stereocenters. The number of benzene rings is 2.